The molecule has 0 heterocycles. The molecule has 2 amide bonds. The van der Waals surface area contributed by atoms with Crippen LogP contribution >= 0.6 is 0 Å². The van der Waals surface area contributed by atoms with Gasteiger partial charge in [0.15, 0.2) is 12.1 Å². The highest BCUT2D eigenvalue weighted by Crippen LogP contribution is 2.51. The minimum Gasteiger partial charge on any atom is -0.464 e. The highest BCUT2D eigenvalue weighted by atomic mass is 16.5. The summed E-state index contributed by atoms with van der Waals surface area (Å²) >= 11 is 0. The predicted octanol–water partition coefficient (Wildman–Crippen LogP) is 0.968. The van der Waals surface area contributed by atoms with Gasteiger partial charge in [0, 0.05) is 12.8 Å². The first-order valence-corrected chi connectivity index (χ1v) is 11.9. The van der Waals surface area contributed by atoms with Crippen molar-refractivity contribution in [1.82, 2.24) is 10.6 Å². The van der Waals surface area contributed by atoms with Crippen molar-refractivity contribution in [3.63, 3.8) is 0 Å². The number of unbranched alkanes of at least 4 members (excludes halogenated alkanes) is 4. The first-order valence-electron chi connectivity index (χ1n) is 11.9. The van der Waals surface area contributed by atoms with Crippen LogP contribution in [-0.2, 0) is 28.7 Å². The van der Waals surface area contributed by atoms with Crippen molar-refractivity contribution in [2.45, 2.75) is 90.1 Å². The third kappa shape index (κ3) is 11.5. The van der Waals surface area contributed by atoms with Crippen LogP contribution in [0, 0.1) is 5.41 Å². The Morgan fingerprint density at radius 1 is 0.758 bits per heavy atom. The Balaban J connectivity index is 2.46. The second-order valence-electron chi connectivity index (χ2n) is 8.71. The molecule has 0 bridgehead atoms. The molecule has 0 unspecified atom stereocenters. The molecular weight excluding hydrogens is 432 g/mol. The summed E-state index contributed by atoms with van der Waals surface area (Å²) in [4.78, 5) is 48.9. The Morgan fingerprint density at radius 3 is 1.45 bits per heavy atom. The van der Waals surface area contributed by atoms with E-state index in [1.165, 1.54) is 0 Å². The summed E-state index contributed by atoms with van der Waals surface area (Å²) in [7, 11) is 0. The molecule has 1 aliphatic rings. The minimum absolute atomic E-state index is 0.00525. The molecule has 1 fully saturated rings. The van der Waals surface area contributed by atoms with Crippen molar-refractivity contribution in [3.05, 3.63) is 0 Å². The average Bonchev–Trinajstić information content (AvgIpc) is 3.54. The largest absolute Gasteiger partial charge is 0.464 e. The quantitative estimate of drug-likeness (QED) is 0.170. The lowest BCUT2D eigenvalue weighted by Gasteiger charge is -2.20. The molecule has 0 saturated heterocycles. The molecule has 0 spiro atoms. The van der Waals surface area contributed by atoms with Gasteiger partial charge in [0.05, 0.1) is 26.4 Å². The Kier molecular flexibility index (Phi) is 13.6. The van der Waals surface area contributed by atoms with Crippen molar-refractivity contribution >= 4 is 23.8 Å². The van der Waals surface area contributed by atoms with Crippen LogP contribution in [0.25, 0.3) is 0 Å². The monoisotopic (exact) mass is 472 g/mol. The number of esters is 2. The Labute approximate surface area is 195 Å². The molecule has 0 aromatic heterocycles. The zero-order chi connectivity index (χ0) is 24.7. The van der Waals surface area contributed by atoms with Gasteiger partial charge in [0.2, 0.25) is 11.8 Å². The van der Waals surface area contributed by atoms with Gasteiger partial charge in [-0.05, 0) is 31.1 Å². The van der Waals surface area contributed by atoms with Crippen LogP contribution in [0.2, 0.25) is 0 Å². The zero-order valence-corrected chi connectivity index (χ0v) is 19.9. The molecule has 4 N–H and O–H groups in total. The molecular formula is C23H40N2O8. The van der Waals surface area contributed by atoms with E-state index in [9.17, 15) is 29.4 Å². The molecule has 1 rings (SSSR count). The summed E-state index contributed by atoms with van der Waals surface area (Å²) in [5.41, 5.74) is -0.565. The van der Waals surface area contributed by atoms with Crippen molar-refractivity contribution < 1.29 is 38.9 Å². The molecule has 10 nitrogen and oxygen atoms in total. The summed E-state index contributed by atoms with van der Waals surface area (Å²) in [5, 5.41) is 23.8. The Hall–Kier alpha value is -2.20. The van der Waals surface area contributed by atoms with Gasteiger partial charge < -0.3 is 30.3 Å². The summed E-state index contributed by atoms with van der Waals surface area (Å²) in [6.45, 7) is 3.36. The number of hydrogen-bond acceptors (Lipinski definition) is 8. The standard InChI is InChI=1S/C23H40N2O8/c1-3-5-7-11-32-21(30)17(15-26)24-19(28)13-23(9-10-23)14-20(29)25-18(16-27)22(31)33-12-8-6-4-2/h17-18,26-27H,3-16H2,1-2H3,(H,24,28)(H,25,29)/t17-,18-/m1/s1. The molecule has 0 aromatic rings. The van der Waals surface area contributed by atoms with Gasteiger partial charge in [-0.3, -0.25) is 9.59 Å². The molecule has 1 aliphatic carbocycles. The summed E-state index contributed by atoms with van der Waals surface area (Å²) in [6.07, 6.45) is 6.52. The van der Waals surface area contributed by atoms with Gasteiger partial charge in [-0.15, -0.1) is 0 Å². The van der Waals surface area contributed by atoms with Crippen molar-refractivity contribution in [3.8, 4) is 0 Å². The van der Waals surface area contributed by atoms with Crippen LogP contribution in [0.5, 0.6) is 0 Å². The number of nitrogens with one attached hydrogen (secondary N) is 2. The van der Waals surface area contributed by atoms with Crippen LogP contribution in [0.15, 0.2) is 0 Å². The molecule has 2 atom stereocenters. The van der Waals surface area contributed by atoms with Gasteiger partial charge in [0.1, 0.15) is 0 Å². The number of aliphatic hydroxyl groups is 2. The van der Waals surface area contributed by atoms with Gasteiger partial charge in [-0.2, -0.15) is 0 Å². The molecule has 190 valence electrons. The van der Waals surface area contributed by atoms with Gasteiger partial charge >= 0.3 is 11.9 Å². The highest BCUT2D eigenvalue weighted by Gasteiger charge is 2.46. The van der Waals surface area contributed by atoms with Gasteiger partial charge in [-0.25, -0.2) is 9.59 Å². The summed E-state index contributed by atoms with van der Waals surface area (Å²) in [6, 6.07) is -2.30. The smallest absolute Gasteiger partial charge is 0.331 e. The van der Waals surface area contributed by atoms with E-state index in [0.29, 0.717) is 25.7 Å². The van der Waals surface area contributed by atoms with Gasteiger partial charge in [0.25, 0.3) is 0 Å². The third-order valence-electron chi connectivity index (χ3n) is 5.62. The van der Waals surface area contributed by atoms with E-state index < -0.39 is 54.5 Å². The Morgan fingerprint density at radius 2 is 1.15 bits per heavy atom. The number of hydrogen-bond donors (Lipinski definition) is 4. The fourth-order valence-corrected chi connectivity index (χ4v) is 3.37. The third-order valence-corrected chi connectivity index (χ3v) is 5.62. The number of aliphatic hydroxyl groups excluding tert-OH is 2. The van der Waals surface area contributed by atoms with Crippen LogP contribution in [-0.4, -0.2) is 72.5 Å². The fraction of sp³-hybridized carbons (Fsp3) is 0.826. The van der Waals surface area contributed by atoms with E-state index in [-0.39, 0.29) is 26.1 Å². The molecule has 1 saturated carbocycles. The van der Waals surface area contributed by atoms with Crippen molar-refractivity contribution in [1.29, 1.82) is 0 Å². The van der Waals surface area contributed by atoms with E-state index in [2.05, 4.69) is 10.6 Å². The summed E-state index contributed by atoms with van der Waals surface area (Å²) < 4.78 is 10.2. The van der Waals surface area contributed by atoms with Crippen LogP contribution in [0.4, 0.5) is 0 Å². The fourth-order valence-electron chi connectivity index (χ4n) is 3.37. The van der Waals surface area contributed by atoms with E-state index in [1.807, 2.05) is 13.8 Å². The number of carbonyl (C=O) groups excluding carboxylic acids is 4. The van der Waals surface area contributed by atoms with Crippen LogP contribution in [0.1, 0.15) is 78.1 Å². The lowest BCUT2D eigenvalue weighted by atomic mass is 9.96. The van der Waals surface area contributed by atoms with Crippen LogP contribution in [0.3, 0.4) is 0 Å². The maximum absolute atomic E-state index is 12.4. The molecule has 33 heavy (non-hydrogen) atoms. The molecule has 0 aromatic carbocycles. The number of carbonyl (C=O) groups is 4. The number of ether oxygens (including phenoxy) is 2. The normalized spacial score (nSPS) is 15.8. The van der Waals surface area contributed by atoms with E-state index in [1.54, 1.807) is 0 Å². The highest BCUT2D eigenvalue weighted by molar-refractivity contribution is 5.87. The topological polar surface area (TPSA) is 151 Å². The van der Waals surface area contributed by atoms with Crippen LogP contribution < -0.4 is 10.6 Å². The second-order valence-corrected chi connectivity index (χ2v) is 8.71. The molecule has 0 radical (unpaired) electrons. The van der Waals surface area contributed by atoms with Gasteiger partial charge in [-0.1, -0.05) is 39.5 Å². The lowest BCUT2D eigenvalue weighted by Crippen LogP contribution is -2.46. The van der Waals surface area contributed by atoms with E-state index in [0.717, 1.165) is 25.7 Å². The predicted molar refractivity (Wildman–Crippen MR) is 120 cm³/mol. The minimum atomic E-state index is -1.15. The maximum atomic E-state index is 12.4. The van der Waals surface area contributed by atoms with E-state index >= 15 is 0 Å². The van der Waals surface area contributed by atoms with E-state index in [4.69, 9.17) is 9.47 Å². The number of rotatable bonds is 18. The SMILES string of the molecule is CCCCCOC(=O)[C@@H](CO)NC(=O)CC1(CC(=O)N[C@H](CO)C(=O)OCCCCC)CC1. The Bertz CT molecular complexity index is 586. The second kappa shape index (κ2) is 15.6. The molecule has 10 heteroatoms. The van der Waals surface area contributed by atoms with Crippen molar-refractivity contribution in [2.24, 2.45) is 5.41 Å². The lowest BCUT2D eigenvalue weighted by molar-refractivity contribution is -0.149. The molecule has 0 aliphatic heterocycles. The van der Waals surface area contributed by atoms with Crippen molar-refractivity contribution in [2.75, 3.05) is 26.4 Å². The first-order chi connectivity index (χ1) is 15.8. The zero-order valence-electron chi connectivity index (χ0n) is 19.9. The number of amides is 2. The first kappa shape index (κ1) is 28.8. The average molecular weight is 473 g/mol. The summed E-state index contributed by atoms with van der Waals surface area (Å²) in [5.74, 6) is -2.29. The maximum Gasteiger partial charge on any atom is 0.331 e.